The van der Waals surface area contributed by atoms with Gasteiger partial charge in [0.05, 0.1) is 23.2 Å². The number of hydrogen-bond donors (Lipinski definition) is 1. The number of ether oxygens (including phenoxy) is 1. The van der Waals surface area contributed by atoms with Gasteiger partial charge in [0.25, 0.3) is 5.91 Å². The van der Waals surface area contributed by atoms with Gasteiger partial charge in [-0.2, -0.15) is 10.1 Å². The maximum atomic E-state index is 12.6. The number of rotatable bonds is 5. The summed E-state index contributed by atoms with van der Waals surface area (Å²) in [5.41, 5.74) is 4.69. The molecule has 8 heteroatoms. The number of aryl methyl sites for hydroxylation is 2. The van der Waals surface area contributed by atoms with Crippen molar-refractivity contribution in [3.8, 4) is 11.4 Å². The Morgan fingerprint density at radius 2 is 1.76 bits per heavy atom. The summed E-state index contributed by atoms with van der Waals surface area (Å²) in [5.74, 6) is 0.818. The minimum atomic E-state index is 0.00337. The number of amides is 1. The Morgan fingerprint density at radius 1 is 1.06 bits per heavy atom. The van der Waals surface area contributed by atoms with E-state index in [1.165, 1.54) is 0 Å². The second-order valence-electron chi connectivity index (χ2n) is 8.45. The second kappa shape index (κ2) is 8.86. The molecule has 0 saturated carbocycles. The van der Waals surface area contributed by atoms with Crippen LogP contribution in [0.15, 0.2) is 48.5 Å². The lowest BCUT2D eigenvalue weighted by molar-refractivity contribution is 0.0931. The van der Waals surface area contributed by atoms with Gasteiger partial charge in [0, 0.05) is 24.7 Å². The maximum absolute atomic E-state index is 12.6. The quantitative estimate of drug-likeness (QED) is 0.474. The number of fused-ring (bicyclic) bond motifs is 1. The summed E-state index contributed by atoms with van der Waals surface area (Å²) < 4.78 is 8.28. The van der Waals surface area contributed by atoms with Crippen LogP contribution >= 0.6 is 11.3 Å². The van der Waals surface area contributed by atoms with Crippen LogP contribution in [0.2, 0.25) is 0 Å². The Morgan fingerprint density at radius 3 is 2.42 bits per heavy atom. The summed E-state index contributed by atoms with van der Waals surface area (Å²) in [6.07, 6.45) is 1.80. The van der Waals surface area contributed by atoms with Crippen molar-refractivity contribution >= 4 is 32.7 Å². The van der Waals surface area contributed by atoms with E-state index in [9.17, 15) is 4.79 Å². The first-order valence-corrected chi connectivity index (χ1v) is 12.0. The normalized spacial score (nSPS) is 14.6. The highest BCUT2D eigenvalue weighted by molar-refractivity contribution is 7.22. The Labute approximate surface area is 197 Å². The second-order valence-corrected chi connectivity index (χ2v) is 9.42. The first kappa shape index (κ1) is 21.5. The molecule has 170 valence electrons. The van der Waals surface area contributed by atoms with Crippen molar-refractivity contribution in [1.82, 2.24) is 20.1 Å². The van der Waals surface area contributed by atoms with Crippen LogP contribution in [0.25, 0.3) is 16.0 Å². The number of carbonyl (C=O) groups excluding carboxylic acids is 1. The molecule has 2 aromatic carbocycles. The largest absolute Gasteiger partial charge is 0.497 e. The molecule has 1 amide bonds. The summed E-state index contributed by atoms with van der Waals surface area (Å²) in [5, 5.41) is 8.90. The minimum Gasteiger partial charge on any atom is -0.497 e. The molecule has 1 saturated heterocycles. The molecule has 2 aromatic heterocycles. The van der Waals surface area contributed by atoms with Crippen LogP contribution < -0.4 is 15.0 Å². The van der Waals surface area contributed by atoms with Gasteiger partial charge in [-0.1, -0.05) is 29.0 Å². The standard InChI is InChI=1S/C25H27N5O2S/c1-16-4-6-18(7-5-16)24(31)26-19-12-14-29(15-13-19)25-27-23-22(33-25)17(2)28-30(23)20-8-10-21(32-3)11-9-20/h4-11,19H,12-15H2,1-3H3,(H,26,31). The van der Waals surface area contributed by atoms with Crippen molar-refractivity contribution in [2.75, 3.05) is 25.1 Å². The van der Waals surface area contributed by atoms with Gasteiger partial charge in [-0.05, 0) is 63.1 Å². The molecule has 1 N–H and O–H groups in total. The van der Waals surface area contributed by atoms with Crippen molar-refractivity contribution in [2.24, 2.45) is 0 Å². The van der Waals surface area contributed by atoms with Crippen LogP contribution in [0.5, 0.6) is 5.75 Å². The third-order valence-electron chi connectivity index (χ3n) is 6.11. The van der Waals surface area contributed by atoms with Crippen LogP contribution in [-0.4, -0.2) is 46.9 Å². The fourth-order valence-corrected chi connectivity index (χ4v) is 5.19. The van der Waals surface area contributed by atoms with Gasteiger partial charge >= 0.3 is 0 Å². The van der Waals surface area contributed by atoms with Gasteiger partial charge in [-0.3, -0.25) is 4.79 Å². The van der Waals surface area contributed by atoms with E-state index >= 15 is 0 Å². The molecule has 0 radical (unpaired) electrons. The molecule has 0 spiro atoms. The summed E-state index contributed by atoms with van der Waals surface area (Å²) in [7, 11) is 1.66. The van der Waals surface area contributed by atoms with Gasteiger partial charge in [-0.25, -0.2) is 4.68 Å². The first-order chi connectivity index (χ1) is 16.0. The molecule has 0 bridgehead atoms. The zero-order valence-electron chi connectivity index (χ0n) is 19.0. The molecule has 3 heterocycles. The van der Waals surface area contributed by atoms with Crippen LogP contribution in [0, 0.1) is 13.8 Å². The number of anilines is 1. The van der Waals surface area contributed by atoms with Crippen molar-refractivity contribution < 1.29 is 9.53 Å². The Balaban J connectivity index is 1.27. The number of methoxy groups -OCH3 is 1. The smallest absolute Gasteiger partial charge is 0.251 e. The average molecular weight is 462 g/mol. The van der Waals surface area contributed by atoms with E-state index in [0.717, 1.165) is 64.1 Å². The molecular formula is C25H27N5O2S. The molecule has 7 nitrogen and oxygen atoms in total. The lowest BCUT2D eigenvalue weighted by Gasteiger charge is -2.32. The Hall–Kier alpha value is -3.39. The maximum Gasteiger partial charge on any atom is 0.251 e. The van der Waals surface area contributed by atoms with Crippen LogP contribution in [0.4, 0.5) is 5.13 Å². The van der Waals surface area contributed by atoms with Crippen molar-refractivity contribution in [3.63, 3.8) is 0 Å². The fraction of sp³-hybridized carbons (Fsp3) is 0.320. The molecule has 0 aliphatic carbocycles. The highest BCUT2D eigenvalue weighted by Crippen LogP contribution is 2.34. The topological polar surface area (TPSA) is 72.3 Å². The summed E-state index contributed by atoms with van der Waals surface area (Å²) in [4.78, 5) is 19.8. The summed E-state index contributed by atoms with van der Waals surface area (Å²) in [6, 6.07) is 15.7. The lowest BCUT2D eigenvalue weighted by atomic mass is 10.0. The van der Waals surface area contributed by atoms with Gasteiger partial charge in [0.1, 0.15) is 5.75 Å². The van der Waals surface area contributed by atoms with Crippen molar-refractivity contribution in [3.05, 3.63) is 65.4 Å². The van der Waals surface area contributed by atoms with Crippen LogP contribution in [0.3, 0.4) is 0 Å². The molecule has 0 atom stereocenters. The highest BCUT2D eigenvalue weighted by atomic mass is 32.1. The Bertz CT molecular complexity index is 1270. The Kier molecular flexibility index (Phi) is 5.76. The number of benzene rings is 2. The number of thiazole rings is 1. The van der Waals surface area contributed by atoms with Gasteiger partial charge < -0.3 is 15.0 Å². The molecular weight excluding hydrogens is 434 g/mol. The van der Waals surface area contributed by atoms with E-state index in [-0.39, 0.29) is 11.9 Å². The summed E-state index contributed by atoms with van der Waals surface area (Å²) in [6.45, 7) is 5.78. The molecule has 5 rings (SSSR count). The third kappa shape index (κ3) is 4.30. The lowest BCUT2D eigenvalue weighted by Crippen LogP contribution is -2.44. The molecule has 1 aliphatic rings. The summed E-state index contributed by atoms with van der Waals surface area (Å²) >= 11 is 1.69. The molecule has 0 unspecified atom stereocenters. The van der Waals surface area contributed by atoms with Gasteiger partial charge in [0.15, 0.2) is 10.8 Å². The van der Waals surface area contributed by atoms with Gasteiger partial charge in [-0.15, -0.1) is 0 Å². The van der Waals surface area contributed by atoms with Crippen LogP contribution in [-0.2, 0) is 0 Å². The molecule has 4 aromatic rings. The van der Waals surface area contributed by atoms with E-state index in [2.05, 4.69) is 10.2 Å². The van der Waals surface area contributed by atoms with Crippen molar-refractivity contribution in [2.45, 2.75) is 32.7 Å². The number of nitrogens with one attached hydrogen (secondary N) is 1. The number of aromatic nitrogens is 3. The first-order valence-electron chi connectivity index (χ1n) is 11.1. The van der Waals surface area contributed by atoms with Gasteiger partial charge in [0.2, 0.25) is 0 Å². The number of carbonyl (C=O) groups is 1. The minimum absolute atomic E-state index is 0.00337. The van der Waals surface area contributed by atoms with E-state index in [1.807, 2.05) is 67.1 Å². The molecule has 1 fully saturated rings. The zero-order chi connectivity index (χ0) is 22.9. The number of piperidine rings is 1. The highest BCUT2D eigenvalue weighted by Gasteiger charge is 2.25. The van der Waals surface area contributed by atoms with E-state index in [1.54, 1.807) is 18.4 Å². The predicted octanol–water partition coefficient (Wildman–Crippen LogP) is 4.51. The zero-order valence-corrected chi connectivity index (χ0v) is 19.9. The average Bonchev–Trinajstić information content (AvgIpc) is 3.40. The predicted molar refractivity (Wildman–Crippen MR) is 132 cm³/mol. The molecule has 33 heavy (non-hydrogen) atoms. The SMILES string of the molecule is COc1ccc(-n2nc(C)c3sc(N4CCC(NC(=O)c5ccc(C)cc5)CC4)nc32)cc1. The van der Waals surface area contributed by atoms with Crippen LogP contribution in [0.1, 0.15) is 34.5 Å². The third-order valence-corrected chi connectivity index (χ3v) is 7.32. The van der Waals surface area contributed by atoms with Crippen molar-refractivity contribution in [1.29, 1.82) is 0 Å². The van der Waals surface area contributed by atoms with E-state index in [4.69, 9.17) is 14.8 Å². The fourth-order valence-electron chi connectivity index (χ4n) is 4.15. The number of nitrogens with zero attached hydrogens (tertiary/aromatic N) is 4. The monoisotopic (exact) mass is 461 g/mol. The van der Waals surface area contributed by atoms with E-state index < -0.39 is 0 Å². The number of hydrogen-bond acceptors (Lipinski definition) is 6. The van der Waals surface area contributed by atoms with E-state index in [0.29, 0.717) is 5.56 Å². The molecule has 1 aliphatic heterocycles.